The summed E-state index contributed by atoms with van der Waals surface area (Å²) in [5.74, 6) is -0.906. The lowest BCUT2D eigenvalue weighted by Crippen LogP contribution is -2.30. The number of rotatable bonds is 54. The van der Waals surface area contributed by atoms with E-state index >= 15 is 0 Å². The van der Waals surface area contributed by atoms with Crippen LogP contribution >= 0.6 is 0 Å². The third-order valence-corrected chi connectivity index (χ3v) is 13.0. The van der Waals surface area contributed by atoms with E-state index in [0.717, 1.165) is 83.5 Å². The van der Waals surface area contributed by atoms with Crippen LogP contribution in [0.4, 0.5) is 0 Å². The van der Waals surface area contributed by atoms with Crippen LogP contribution in [0.25, 0.3) is 0 Å². The normalized spacial score (nSPS) is 12.4. The molecule has 0 spiro atoms. The zero-order valence-corrected chi connectivity index (χ0v) is 45.8. The van der Waals surface area contributed by atoms with Crippen molar-refractivity contribution in [3.8, 4) is 0 Å². The van der Waals surface area contributed by atoms with Crippen LogP contribution in [0.2, 0.25) is 0 Å². The second-order valence-electron chi connectivity index (χ2n) is 20.0. The first-order chi connectivity index (χ1) is 34.0. The maximum Gasteiger partial charge on any atom is 0.306 e. The van der Waals surface area contributed by atoms with Crippen LogP contribution < -0.4 is 0 Å². The summed E-state index contributed by atoms with van der Waals surface area (Å²) >= 11 is 0. The fourth-order valence-electron chi connectivity index (χ4n) is 8.49. The molecule has 0 aromatic carbocycles. The zero-order valence-electron chi connectivity index (χ0n) is 45.8. The molecule has 0 N–H and O–H groups in total. The van der Waals surface area contributed by atoms with E-state index in [-0.39, 0.29) is 31.1 Å². The minimum atomic E-state index is -0.789. The van der Waals surface area contributed by atoms with Crippen LogP contribution in [0, 0.1) is 0 Å². The Labute approximate surface area is 428 Å². The Balaban J connectivity index is 4.43. The van der Waals surface area contributed by atoms with Gasteiger partial charge in [-0.3, -0.25) is 14.4 Å². The quantitative estimate of drug-likeness (QED) is 0.0199. The first kappa shape index (κ1) is 66.1. The highest BCUT2D eigenvalue weighted by Crippen LogP contribution is 2.15. The van der Waals surface area contributed by atoms with Crippen molar-refractivity contribution in [2.24, 2.45) is 0 Å². The van der Waals surface area contributed by atoms with Crippen molar-refractivity contribution in [3.05, 3.63) is 60.8 Å². The lowest BCUT2D eigenvalue weighted by atomic mass is 10.1. The topological polar surface area (TPSA) is 78.9 Å². The summed E-state index contributed by atoms with van der Waals surface area (Å²) in [6, 6.07) is 0. The molecule has 0 aliphatic heterocycles. The van der Waals surface area contributed by atoms with Gasteiger partial charge in [-0.2, -0.15) is 0 Å². The predicted molar refractivity (Wildman–Crippen MR) is 298 cm³/mol. The van der Waals surface area contributed by atoms with E-state index in [1.807, 2.05) is 0 Å². The molecule has 0 rings (SSSR count). The van der Waals surface area contributed by atoms with Crippen molar-refractivity contribution in [2.75, 3.05) is 13.2 Å². The van der Waals surface area contributed by atoms with Crippen molar-refractivity contribution >= 4 is 17.9 Å². The summed E-state index contributed by atoms with van der Waals surface area (Å²) in [4.78, 5) is 38.2. The van der Waals surface area contributed by atoms with Gasteiger partial charge in [0.15, 0.2) is 6.10 Å². The third kappa shape index (κ3) is 55.9. The summed E-state index contributed by atoms with van der Waals surface area (Å²) in [5.41, 5.74) is 0. The predicted octanol–water partition coefficient (Wildman–Crippen LogP) is 20.0. The van der Waals surface area contributed by atoms with E-state index < -0.39 is 6.10 Å². The minimum Gasteiger partial charge on any atom is -0.462 e. The van der Waals surface area contributed by atoms with E-state index in [1.54, 1.807) is 0 Å². The fourth-order valence-corrected chi connectivity index (χ4v) is 8.49. The first-order valence-electron chi connectivity index (χ1n) is 29.8. The molecule has 0 fully saturated rings. The highest BCUT2D eigenvalue weighted by atomic mass is 16.6. The van der Waals surface area contributed by atoms with Gasteiger partial charge in [0.1, 0.15) is 13.2 Å². The van der Waals surface area contributed by atoms with Crippen LogP contribution in [-0.4, -0.2) is 37.2 Å². The van der Waals surface area contributed by atoms with Crippen molar-refractivity contribution in [1.82, 2.24) is 0 Å². The Hall–Kier alpha value is -2.89. The van der Waals surface area contributed by atoms with E-state index in [1.165, 1.54) is 180 Å². The molecule has 0 aromatic rings. The van der Waals surface area contributed by atoms with Gasteiger partial charge < -0.3 is 14.2 Å². The molecule has 1 atom stereocenters. The van der Waals surface area contributed by atoms with Gasteiger partial charge in [0.05, 0.1) is 0 Å². The van der Waals surface area contributed by atoms with Gasteiger partial charge in [-0.25, -0.2) is 0 Å². The first-order valence-corrected chi connectivity index (χ1v) is 29.8. The van der Waals surface area contributed by atoms with Crippen molar-refractivity contribution in [1.29, 1.82) is 0 Å². The average Bonchev–Trinajstić information content (AvgIpc) is 3.35. The number of hydrogen-bond acceptors (Lipinski definition) is 6. The number of carbonyl (C=O) groups excluding carboxylic acids is 3. The summed E-state index contributed by atoms with van der Waals surface area (Å²) in [6.45, 7) is 6.62. The van der Waals surface area contributed by atoms with Gasteiger partial charge >= 0.3 is 17.9 Å². The summed E-state index contributed by atoms with van der Waals surface area (Å²) in [7, 11) is 0. The lowest BCUT2D eigenvalue weighted by molar-refractivity contribution is -0.167. The number of ether oxygens (including phenoxy) is 3. The molecule has 6 heteroatoms. The smallest absolute Gasteiger partial charge is 0.306 e. The Morgan fingerprint density at radius 3 is 0.841 bits per heavy atom. The molecule has 69 heavy (non-hydrogen) atoms. The Bertz CT molecular complexity index is 1250. The maximum absolute atomic E-state index is 12.9. The van der Waals surface area contributed by atoms with Crippen LogP contribution in [-0.2, 0) is 28.6 Å². The molecule has 0 aliphatic rings. The van der Waals surface area contributed by atoms with Gasteiger partial charge in [-0.15, -0.1) is 0 Å². The molecule has 0 aromatic heterocycles. The Morgan fingerprint density at radius 1 is 0.290 bits per heavy atom. The molecular weight excluding hydrogens is 853 g/mol. The van der Waals surface area contributed by atoms with E-state index in [9.17, 15) is 14.4 Å². The monoisotopic (exact) mass is 965 g/mol. The van der Waals surface area contributed by atoms with Gasteiger partial charge in [-0.1, -0.05) is 248 Å². The third-order valence-electron chi connectivity index (χ3n) is 13.0. The van der Waals surface area contributed by atoms with Crippen LogP contribution in [0.3, 0.4) is 0 Å². The van der Waals surface area contributed by atoms with Gasteiger partial charge in [-0.05, 0) is 96.3 Å². The standard InChI is InChI=1S/C63H112O6/c1-4-7-10-13-16-19-22-25-28-31-33-35-38-41-44-47-50-53-56-62(65)68-59-60(58-67-61(64)55-52-49-46-43-40-37-34-30-27-24-21-18-15-12-9-6-3)69-63(66)57-54-51-48-45-42-39-36-32-29-26-23-20-17-14-11-8-5-2/h22,25-26,28-31,33-35,60H,4-21,23-24,27,32,36-59H2,1-3H3/b25-22-,29-26-,31-28-,34-30-,35-33-. The van der Waals surface area contributed by atoms with Crippen molar-refractivity contribution < 1.29 is 28.6 Å². The molecule has 0 radical (unpaired) electrons. The van der Waals surface area contributed by atoms with Crippen molar-refractivity contribution in [3.63, 3.8) is 0 Å². The SMILES string of the molecule is CCCCCCC\C=C/C=C\C=C/CCCCCCCC(=O)OCC(COC(=O)CCCCCCC/C=C\CCCCCCCCC)OC(=O)CCCCCCCCC/C=C\CCCCCCCC. The number of hydrogen-bond donors (Lipinski definition) is 0. The average molecular weight is 966 g/mol. The second kappa shape index (κ2) is 57.7. The largest absolute Gasteiger partial charge is 0.462 e. The second-order valence-corrected chi connectivity index (χ2v) is 20.0. The van der Waals surface area contributed by atoms with E-state index in [0.29, 0.717) is 19.3 Å². The molecular formula is C63H112O6. The molecule has 0 saturated carbocycles. The Kier molecular flexibility index (Phi) is 55.3. The van der Waals surface area contributed by atoms with Crippen LogP contribution in [0.15, 0.2) is 60.8 Å². The molecule has 400 valence electrons. The van der Waals surface area contributed by atoms with E-state index in [2.05, 4.69) is 81.5 Å². The molecule has 0 amide bonds. The molecule has 1 unspecified atom stereocenters. The molecule has 0 bridgehead atoms. The number of carbonyl (C=O) groups is 3. The summed E-state index contributed by atoms with van der Waals surface area (Å²) in [6.07, 6.45) is 72.0. The van der Waals surface area contributed by atoms with Crippen LogP contribution in [0.1, 0.15) is 303 Å². The zero-order chi connectivity index (χ0) is 50.0. The number of esters is 3. The highest BCUT2D eigenvalue weighted by Gasteiger charge is 2.19. The van der Waals surface area contributed by atoms with Gasteiger partial charge in [0, 0.05) is 19.3 Å². The number of unbranched alkanes of at least 4 members (excludes halogenated alkanes) is 35. The summed E-state index contributed by atoms with van der Waals surface area (Å²) in [5, 5.41) is 0. The maximum atomic E-state index is 12.9. The Morgan fingerprint density at radius 2 is 0.536 bits per heavy atom. The van der Waals surface area contributed by atoms with Gasteiger partial charge in [0.25, 0.3) is 0 Å². The van der Waals surface area contributed by atoms with Gasteiger partial charge in [0.2, 0.25) is 0 Å². The lowest BCUT2D eigenvalue weighted by Gasteiger charge is -2.18. The molecule has 6 nitrogen and oxygen atoms in total. The van der Waals surface area contributed by atoms with Crippen molar-refractivity contribution in [2.45, 2.75) is 309 Å². The fraction of sp³-hybridized carbons (Fsp3) is 0.794. The highest BCUT2D eigenvalue weighted by molar-refractivity contribution is 5.71. The molecule has 0 heterocycles. The summed E-state index contributed by atoms with van der Waals surface area (Å²) < 4.78 is 16.9. The van der Waals surface area contributed by atoms with Crippen LogP contribution in [0.5, 0.6) is 0 Å². The minimum absolute atomic E-state index is 0.0859. The number of allylic oxidation sites excluding steroid dienone is 10. The molecule has 0 aliphatic carbocycles. The van der Waals surface area contributed by atoms with E-state index in [4.69, 9.17) is 14.2 Å². The molecule has 0 saturated heterocycles.